The molecule has 2 fully saturated rings. The smallest absolute Gasteiger partial charge is 0.335 e. The molecule has 3 aliphatic heterocycles. The van der Waals surface area contributed by atoms with Gasteiger partial charge >= 0.3 is 6.03 Å². The molecule has 1 N–H and O–H groups in total. The number of piperidine rings is 1. The fraction of sp³-hybridized carbons (Fsp3) is 0.375. The Morgan fingerprint density at radius 3 is 2.43 bits per heavy atom. The number of nitrogens with zero attached hydrogens (tertiary/aromatic N) is 2. The molecule has 0 aliphatic carbocycles. The van der Waals surface area contributed by atoms with Crippen molar-refractivity contribution in [2.45, 2.75) is 32.7 Å². The second-order valence-electron chi connectivity index (χ2n) is 8.93. The number of amides is 4. The van der Waals surface area contributed by atoms with Gasteiger partial charge in [-0.3, -0.25) is 14.9 Å². The molecule has 4 unspecified atom stereocenters. The first-order chi connectivity index (χ1) is 14.4. The van der Waals surface area contributed by atoms with E-state index in [1.54, 1.807) is 24.3 Å². The molecule has 154 valence electrons. The van der Waals surface area contributed by atoms with E-state index >= 15 is 0 Å². The van der Waals surface area contributed by atoms with Gasteiger partial charge in [0.05, 0.1) is 11.7 Å². The molecule has 0 radical (unpaired) electrons. The van der Waals surface area contributed by atoms with Crippen molar-refractivity contribution in [2.75, 3.05) is 16.3 Å². The molecule has 2 aromatic rings. The Bertz CT molecular complexity index is 1040. The average molecular weight is 403 g/mol. The van der Waals surface area contributed by atoms with Crippen LogP contribution in [0.5, 0.6) is 0 Å². The second-order valence-corrected chi connectivity index (χ2v) is 8.93. The van der Waals surface area contributed by atoms with Gasteiger partial charge in [-0.05, 0) is 48.4 Å². The molecule has 4 amide bonds. The van der Waals surface area contributed by atoms with Gasteiger partial charge in [-0.15, -0.1) is 0 Å². The number of carbonyl (C=O) groups excluding carboxylic acids is 3. The first-order valence-corrected chi connectivity index (χ1v) is 10.5. The van der Waals surface area contributed by atoms with Crippen molar-refractivity contribution in [3.05, 3.63) is 60.2 Å². The summed E-state index contributed by atoms with van der Waals surface area (Å²) in [6.45, 7) is 5.11. The van der Waals surface area contributed by atoms with Gasteiger partial charge in [-0.1, -0.05) is 50.2 Å². The van der Waals surface area contributed by atoms with Crippen LogP contribution < -0.4 is 15.1 Å². The van der Waals surface area contributed by atoms with Crippen LogP contribution in [-0.2, 0) is 16.0 Å². The number of para-hydroxylation sites is 2. The van der Waals surface area contributed by atoms with E-state index in [2.05, 4.69) is 30.1 Å². The minimum atomic E-state index is -1.34. The lowest BCUT2D eigenvalue weighted by atomic mass is 9.62. The zero-order chi connectivity index (χ0) is 21.0. The number of hydrogen-bond acceptors (Lipinski definition) is 4. The number of fused-ring (bicyclic) bond motifs is 4. The Morgan fingerprint density at radius 1 is 0.967 bits per heavy atom. The number of urea groups is 1. The van der Waals surface area contributed by atoms with Crippen molar-refractivity contribution < 1.29 is 14.4 Å². The van der Waals surface area contributed by atoms with Gasteiger partial charge in [-0.2, -0.15) is 0 Å². The summed E-state index contributed by atoms with van der Waals surface area (Å²) >= 11 is 0. The van der Waals surface area contributed by atoms with Crippen molar-refractivity contribution in [3.8, 4) is 0 Å². The van der Waals surface area contributed by atoms with Crippen LogP contribution in [0.25, 0.3) is 0 Å². The normalized spacial score (nSPS) is 30.7. The molecule has 4 atom stereocenters. The van der Waals surface area contributed by atoms with E-state index in [0.29, 0.717) is 18.0 Å². The number of hydrogen-bond donors (Lipinski definition) is 1. The molecular weight excluding hydrogens is 378 g/mol. The van der Waals surface area contributed by atoms with Gasteiger partial charge in [0, 0.05) is 12.2 Å². The lowest BCUT2D eigenvalue weighted by molar-refractivity contribution is -0.146. The first-order valence-electron chi connectivity index (χ1n) is 10.5. The standard InChI is InChI=1S/C24H25N3O3/c1-15-12-16(2)20-24(13-17-8-6-7-11-19(17)26(20)14-15)21(28)25-23(30)27(22(24)29)18-9-4-3-5-10-18/h3-11,15-16,20H,12-14H2,1-2H3,(H,25,28,30). The SMILES string of the molecule is CC1CC(C)C2N(C1)c1ccccc1CC21C(=O)NC(=O)N(c2ccccc2)C1=O. The number of benzene rings is 2. The highest BCUT2D eigenvalue weighted by Gasteiger charge is 2.64. The molecule has 0 aromatic heterocycles. The third kappa shape index (κ3) is 2.52. The van der Waals surface area contributed by atoms with Crippen molar-refractivity contribution in [1.82, 2.24) is 5.32 Å². The second kappa shape index (κ2) is 6.69. The summed E-state index contributed by atoms with van der Waals surface area (Å²) in [5.74, 6) is -0.320. The lowest BCUT2D eigenvalue weighted by Gasteiger charge is -2.56. The molecule has 0 saturated carbocycles. The Labute approximate surface area is 175 Å². The largest absolute Gasteiger partial charge is 0.366 e. The van der Waals surface area contributed by atoms with Crippen molar-refractivity contribution >= 4 is 29.2 Å². The Hall–Kier alpha value is -3.15. The number of barbiturate groups is 1. The Balaban J connectivity index is 1.70. The van der Waals surface area contributed by atoms with E-state index in [1.165, 1.54) is 0 Å². The van der Waals surface area contributed by atoms with Gasteiger partial charge in [0.15, 0.2) is 5.41 Å². The zero-order valence-corrected chi connectivity index (χ0v) is 17.2. The van der Waals surface area contributed by atoms with Crippen LogP contribution in [0.2, 0.25) is 0 Å². The molecule has 2 aromatic carbocycles. The van der Waals surface area contributed by atoms with Crippen LogP contribution >= 0.6 is 0 Å². The van der Waals surface area contributed by atoms with E-state index in [4.69, 9.17) is 0 Å². The summed E-state index contributed by atoms with van der Waals surface area (Å²) in [5, 5.41) is 2.52. The minimum absolute atomic E-state index is 0.127. The quantitative estimate of drug-likeness (QED) is 0.742. The first kappa shape index (κ1) is 18.9. The maximum Gasteiger partial charge on any atom is 0.335 e. The molecule has 5 rings (SSSR count). The Kier molecular flexibility index (Phi) is 4.20. The predicted molar refractivity (Wildman–Crippen MR) is 114 cm³/mol. The Morgan fingerprint density at radius 2 is 1.67 bits per heavy atom. The fourth-order valence-corrected chi connectivity index (χ4v) is 5.82. The maximum absolute atomic E-state index is 14.0. The van der Waals surface area contributed by atoms with Crippen molar-refractivity contribution in [3.63, 3.8) is 0 Å². The predicted octanol–water partition coefficient (Wildman–Crippen LogP) is 3.36. The monoisotopic (exact) mass is 403 g/mol. The van der Waals surface area contributed by atoms with Gasteiger partial charge in [0.1, 0.15) is 0 Å². The number of nitrogens with one attached hydrogen (secondary N) is 1. The topological polar surface area (TPSA) is 69.7 Å². The molecule has 2 saturated heterocycles. The summed E-state index contributed by atoms with van der Waals surface area (Å²) in [6, 6.07) is 15.9. The van der Waals surface area contributed by atoms with E-state index in [1.807, 2.05) is 24.3 Å². The van der Waals surface area contributed by atoms with E-state index < -0.39 is 23.3 Å². The number of anilines is 2. The van der Waals surface area contributed by atoms with Crippen LogP contribution in [0.15, 0.2) is 54.6 Å². The third-order valence-corrected chi connectivity index (χ3v) is 6.86. The average Bonchev–Trinajstić information content (AvgIpc) is 2.72. The van der Waals surface area contributed by atoms with Gasteiger partial charge in [0.25, 0.3) is 5.91 Å². The highest BCUT2D eigenvalue weighted by Crippen LogP contribution is 2.50. The van der Waals surface area contributed by atoms with E-state index in [9.17, 15) is 14.4 Å². The van der Waals surface area contributed by atoms with Crippen molar-refractivity contribution in [2.24, 2.45) is 17.3 Å². The molecule has 3 heterocycles. The van der Waals surface area contributed by atoms with Crippen LogP contribution in [0, 0.1) is 17.3 Å². The summed E-state index contributed by atoms with van der Waals surface area (Å²) in [4.78, 5) is 43.6. The number of imide groups is 2. The molecular formula is C24H25N3O3. The van der Waals surface area contributed by atoms with Gasteiger partial charge in [-0.25, -0.2) is 9.69 Å². The molecule has 0 bridgehead atoms. The van der Waals surface area contributed by atoms with Crippen LogP contribution in [0.4, 0.5) is 16.2 Å². The number of carbonyl (C=O) groups is 3. The fourth-order valence-electron chi connectivity index (χ4n) is 5.82. The summed E-state index contributed by atoms with van der Waals surface area (Å²) in [7, 11) is 0. The van der Waals surface area contributed by atoms with Crippen LogP contribution in [-0.4, -0.2) is 30.4 Å². The van der Waals surface area contributed by atoms with Crippen LogP contribution in [0.3, 0.4) is 0 Å². The van der Waals surface area contributed by atoms with Gasteiger partial charge in [0.2, 0.25) is 5.91 Å². The lowest BCUT2D eigenvalue weighted by Crippen LogP contribution is -2.74. The van der Waals surface area contributed by atoms with Crippen molar-refractivity contribution in [1.29, 1.82) is 0 Å². The van der Waals surface area contributed by atoms with Gasteiger partial charge < -0.3 is 4.90 Å². The zero-order valence-electron chi connectivity index (χ0n) is 17.2. The summed E-state index contributed by atoms with van der Waals surface area (Å²) < 4.78 is 0. The highest BCUT2D eigenvalue weighted by molar-refractivity contribution is 6.30. The van der Waals surface area contributed by atoms with E-state index in [0.717, 1.165) is 29.1 Å². The summed E-state index contributed by atoms with van der Waals surface area (Å²) in [6.07, 6.45) is 1.23. The molecule has 6 nitrogen and oxygen atoms in total. The van der Waals surface area contributed by atoms with E-state index in [-0.39, 0.29) is 12.0 Å². The molecule has 3 aliphatic rings. The van der Waals surface area contributed by atoms with Crippen LogP contribution in [0.1, 0.15) is 25.8 Å². The third-order valence-electron chi connectivity index (χ3n) is 6.86. The maximum atomic E-state index is 14.0. The number of rotatable bonds is 1. The molecule has 6 heteroatoms. The molecule has 30 heavy (non-hydrogen) atoms. The highest BCUT2D eigenvalue weighted by atomic mass is 16.2. The summed E-state index contributed by atoms with van der Waals surface area (Å²) in [5.41, 5.74) is 1.21. The molecule has 1 spiro atoms. The minimum Gasteiger partial charge on any atom is -0.366 e.